The molecule has 10 heavy (non-hydrogen) atoms. The zero-order chi connectivity index (χ0) is 7.72. The van der Waals surface area contributed by atoms with Gasteiger partial charge in [0, 0.05) is 7.05 Å². The molecule has 4 nitrogen and oxygen atoms in total. The lowest BCUT2D eigenvalue weighted by Gasteiger charge is -1.96. The van der Waals surface area contributed by atoms with Gasteiger partial charge in [0.1, 0.15) is 11.5 Å². The summed E-state index contributed by atoms with van der Waals surface area (Å²) in [6, 6.07) is 0. The van der Waals surface area contributed by atoms with Crippen molar-refractivity contribution in [2.24, 2.45) is 12.8 Å². The number of primary amides is 1. The Labute approximate surface area is 58.7 Å². The Morgan fingerprint density at radius 2 is 2.40 bits per heavy atom. The van der Waals surface area contributed by atoms with Crippen LogP contribution in [0, 0.1) is 6.92 Å². The Balaban J connectivity index is 3.17. The first-order chi connectivity index (χ1) is 4.63. The predicted octanol–water partition coefficient (Wildman–Crippen LogP) is -0.173. The van der Waals surface area contributed by atoms with Gasteiger partial charge in [-0.25, -0.2) is 4.98 Å². The highest BCUT2D eigenvalue weighted by Gasteiger charge is 2.06. The van der Waals surface area contributed by atoms with Crippen LogP contribution in [-0.2, 0) is 7.05 Å². The molecule has 1 aromatic heterocycles. The molecule has 0 aliphatic heterocycles. The van der Waals surface area contributed by atoms with Gasteiger partial charge in [-0.2, -0.15) is 0 Å². The highest BCUT2D eigenvalue weighted by molar-refractivity contribution is 5.90. The van der Waals surface area contributed by atoms with Gasteiger partial charge in [0.15, 0.2) is 0 Å². The van der Waals surface area contributed by atoms with E-state index in [0.29, 0.717) is 5.69 Å². The third-order valence-corrected chi connectivity index (χ3v) is 1.47. The van der Waals surface area contributed by atoms with Gasteiger partial charge in [-0.15, -0.1) is 0 Å². The molecule has 0 unspecified atom stereocenters. The summed E-state index contributed by atoms with van der Waals surface area (Å²) in [6.45, 7) is 1.81. The fourth-order valence-electron chi connectivity index (χ4n) is 0.731. The number of hydrogen-bond acceptors (Lipinski definition) is 2. The van der Waals surface area contributed by atoms with Crippen LogP contribution in [0.4, 0.5) is 0 Å². The molecule has 0 bridgehead atoms. The zero-order valence-corrected chi connectivity index (χ0v) is 5.96. The first kappa shape index (κ1) is 6.80. The molecule has 2 N–H and O–H groups in total. The first-order valence-electron chi connectivity index (χ1n) is 2.91. The smallest absolute Gasteiger partial charge is 0.266 e. The van der Waals surface area contributed by atoms with Gasteiger partial charge >= 0.3 is 0 Å². The van der Waals surface area contributed by atoms with Crippen LogP contribution in [0.25, 0.3) is 0 Å². The van der Waals surface area contributed by atoms with Crippen molar-refractivity contribution in [3.63, 3.8) is 0 Å². The molecule has 0 atom stereocenters. The molecule has 54 valence electrons. The summed E-state index contributed by atoms with van der Waals surface area (Å²) in [4.78, 5) is 14.5. The first-order valence-corrected chi connectivity index (χ1v) is 2.91. The number of carbonyl (C=O) groups is 1. The lowest BCUT2D eigenvalue weighted by molar-refractivity contribution is 0.0992. The summed E-state index contributed by atoms with van der Waals surface area (Å²) in [5.41, 5.74) is 5.47. The molecule has 0 fully saturated rings. The minimum atomic E-state index is -0.442. The minimum Gasteiger partial charge on any atom is -0.364 e. The van der Waals surface area contributed by atoms with Crippen molar-refractivity contribution in [2.75, 3.05) is 0 Å². The van der Waals surface area contributed by atoms with Crippen LogP contribution in [0.1, 0.15) is 16.3 Å². The number of imidazole rings is 1. The molecule has 1 heterocycles. The van der Waals surface area contributed by atoms with Gasteiger partial charge in [-0.05, 0) is 6.92 Å². The molecular formula is C6H9N3O. The summed E-state index contributed by atoms with van der Waals surface area (Å²) in [5, 5.41) is 0. The fraction of sp³-hybridized carbons (Fsp3) is 0.333. The second kappa shape index (κ2) is 2.13. The Morgan fingerprint density at radius 3 is 2.60 bits per heavy atom. The Morgan fingerprint density at radius 1 is 1.80 bits per heavy atom. The third-order valence-electron chi connectivity index (χ3n) is 1.47. The topological polar surface area (TPSA) is 60.9 Å². The SMILES string of the molecule is Cc1ncc(C(N)=O)n1C. The zero-order valence-electron chi connectivity index (χ0n) is 5.96. The number of carbonyl (C=O) groups excluding carboxylic acids is 1. The molecule has 0 spiro atoms. The second-order valence-electron chi connectivity index (χ2n) is 2.11. The number of nitrogens with zero attached hydrogens (tertiary/aromatic N) is 2. The Kier molecular flexibility index (Phi) is 1.45. The van der Waals surface area contributed by atoms with Crippen molar-refractivity contribution >= 4 is 5.91 Å². The number of rotatable bonds is 1. The maximum atomic E-state index is 10.6. The molecule has 0 radical (unpaired) electrons. The van der Waals surface area contributed by atoms with Crippen molar-refractivity contribution in [3.05, 3.63) is 17.7 Å². The standard InChI is InChI=1S/C6H9N3O/c1-4-8-3-5(6(7)10)9(4)2/h3H,1-2H3,(H2,7,10). The average Bonchev–Trinajstić information content (AvgIpc) is 2.14. The lowest BCUT2D eigenvalue weighted by atomic mass is 10.4. The van der Waals surface area contributed by atoms with E-state index < -0.39 is 5.91 Å². The number of nitrogens with two attached hydrogens (primary N) is 1. The van der Waals surface area contributed by atoms with Crippen LogP contribution in [0.2, 0.25) is 0 Å². The van der Waals surface area contributed by atoms with Crippen molar-refractivity contribution in [3.8, 4) is 0 Å². The van der Waals surface area contributed by atoms with Crippen LogP contribution in [-0.4, -0.2) is 15.5 Å². The van der Waals surface area contributed by atoms with Gasteiger partial charge in [-0.1, -0.05) is 0 Å². The van der Waals surface area contributed by atoms with Crippen molar-refractivity contribution in [2.45, 2.75) is 6.92 Å². The van der Waals surface area contributed by atoms with E-state index in [0.717, 1.165) is 5.82 Å². The van der Waals surface area contributed by atoms with E-state index in [1.165, 1.54) is 6.20 Å². The van der Waals surface area contributed by atoms with Crippen molar-refractivity contribution in [1.29, 1.82) is 0 Å². The number of aromatic nitrogens is 2. The van der Waals surface area contributed by atoms with Gasteiger partial charge in [-0.3, -0.25) is 4.79 Å². The molecule has 4 heteroatoms. The highest BCUT2D eigenvalue weighted by Crippen LogP contribution is 1.98. The van der Waals surface area contributed by atoms with Crippen LogP contribution in [0.3, 0.4) is 0 Å². The van der Waals surface area contributed by atoms with Crippen LogP contribution in [0.5, 0.6) is 0 Å². The average molecular weight is 139 g/mol. The van der Waals surface area contributed by atoms with Gasteiger partial charge < -0.3 is 10.3 Å². The molecule has 0 aliphatic rings. The summed E-state index contributed by atoms with van der Waals surface area (Å²) in [5.74, 6) is 0.344. The minimum absolute atomic E-state index is 0.442. The van der Waals surface area contributed by atoms with Crippen LogP contribution >= 0.6 is 0 Å². The van der Waals surface area contributed by atoms with E-state index in [4.69, 9.17) is 5.73 Å². The van der Waals surface area contributed by atoms with Gasteiger partial charge in [0.25, 0.3) is 5.91 Å². The molecule has 1 amide bonds. The summed E-state index contributed by atoms with van der Waals surface area (Å²) in [7, 11) is 1.75. The predicted molar refractivity (Wildman–Crippen MR) is 36.5 cm³/mol. The van der Waals surface area contributed by atoms with Crippen LogP contribution in [0.15, 0.2) is 6.20 Å². The second-order valence-corrected chi connectivity index (χ2v) is 2.11. The van der Waals surface area contributed by atoms with E-state index in [2.05, 4.69) is 4.98 Å². The molecule has 0 aliphatic carbocycles. The quantitative estimate of drug-likeness (QED) is 0.587. The molecular weight excluding hydrogens is 130 g/mol. The maximum absolute atomic E-state index is 10.6. The van der Waals surface area contributed by atoms with Crippen molar-refractivity contribution < 1.29 is 4.79 Å². The number of aryl methyl sites for hydroxylation is 1. The molecule has 1 rings (SSSR count). The molecule has 0 saturated carbocycles. The third kappa shape index (κ3) is 0.877. The molecule has 0 saturated heterocycles. The summed E-state index contributed by atoms with van der Waals surface area (Å²) in [6.07, 6.45) is 1.47. The number of amides is 1. The Bertz CT molecular complexity index is 264. The van der Waals surface area contributed by atoms with Gasteiger partial charge in [0.2, 0.25) is 0 Å². The van der Waals surface area contributed by atoms with E-state index in [1.807, 2.05) is 6.92 Å². The highest BCUT2D eigenvalue weighted by atomic mass is 16.1. The maximum Gasteiger partial charge on any atom is 0.266 e. The van der Waals surface area contributed by atoms with Gasteiger partial charge in [0.05, 0.1) is 6.20 Å². The summed E-state index contributed by atoms with van der Waals surface area (Å²) >= 11 is 0. The fourth-order valence-corrected chi connectivity index (χ4v) is 0.731. The van der Waals surface area contributed by atoms with E-state index in [-0.39, 0.29) is 0 Å². The summed E-state index contributed by atoms with van der Waals surface area (Å²) < 4.78 is 1.66. The monoisotopic (exact) mass is 139 g/mol. The Hall–Kier alpha value is -1.32. The number of hydrogen-bond donors (Lipinski definition) is 1. The normalized spacial score (nSPS) is 9.80. The van der Waals surface area contributed by atoms with E-state index in [1.54, 1.807) is 11.6 Å². The van der Waals surface area contributed by atoms with Crippen molar-refractivity contribution in [1.82, 2.24) is 9.55 Å². The molecule has 0 aromatic carbocycles. The largest absolute Gasteiger partial charge is 0.364 e. The lowest BCUT2D eigenvalue weighted by Crippen LogP contribution is -2.15. The van der Waals surface area contributed by atoms with E-state index >= 15 is 0 Å². The van der Waals surface area contributed by atoms with Crippen LogP contribution < -0.4 is 5.73 Å². The van der Waals surface area contributed by atoms with E-state index in [9.17, 15) is 4.79 Å². The molecule has 1 aromatic rings.